The number of nitrogens with one attached hydrogen (secondary N) is 1. The zero-order valence-corrected chi connectivity index (χ0v) is 25.8. The minimum atomic E-state index is -3.97. The van der Waals surface area contributed by atoms with Crippen LogP contribution in [0.25, 0.3) is 0 Å². The molecule has 3 aromatic carbocycles. The number of rotatable bonds is 10. The van der Waals surface area contributed by atoms with Crippen LogP contribution in [0.1, 0.15) is 31.9 Å². The Morgan fingerprint density at radius 1 is 0.875 bits per heavy atom. The summed E-state index contributed by atoms with van der Waals surface area (Å²) in [7, 11) is -3.97. The van der Waals surface area contributed by atoms with Crippen molar-refractivity contribution in [1.82, 2.24) is 10.2 Å². The van der Waals surface area contributed by atoms with E-state index in [1.165, 1.54) is 17.0 Å². The van der Waals surface area contributed by atoms with Crippen LogP contribution in [-0.2, 0) is 32.6 Å². The lowest BCUT2D eigenvalue weighted by Gasteiger charge is -2.35. The molecular formula is C29H32Cl3N3O4S. The molecule has 0 saturated carbocycles. The zero-order chi connectivity index (χ0) is 29.7. The molecule has 1 atom stereocenters. The number of carbonyl (C=O) groups is 2. The summed E-state index contributed by atoms with van der Waals surface area (Å²) in [6.07, 6.45) is 1.19. The van der Waals surface area contributed by atoms with Crippen LogP contribution in [0.15, 0.2) is 72.8 Å². The Labute approximate surface area is 251 Å². The van der Waals surface area contributed by atoms with Gasteiger partial charge in [0, 0.05) is 23.5 Å². The van der Waals surface area contributed by atoms with E-state index in [4.69, 9.17) is 34.8 Å². The highest BCUT2D eigenvalue weighted by Crippen LogP contribution is 2.34. The number of sulfonamides is 1. The molecule has 0 aliphatic heterocycles. The molecular weight excluding hydrogens is 593 g/mol. The van der Waals surface area contributed by atoms with Gasteiger partial charge in [-0.15, -0.1) is 0 Å². The van der Waals surface area contributed by atoms with Crippen LogP contribution < -0.4 is 9.62 Å². The Kier molecular flexibility index (Phi) is 10.5. The van der Waals surface area contributed by atoms with Gasteiger partial charge in [0.25, 0.3) is 0 Å². The zero-order valence-electron chi connectivity index (χ0n) is 22.7. The van der Waals surface area contributed by atoms with E-state index < -0.39 is 34.1 Å². The van der Waals surface area contributed by atoms with E-state index in [0.29, 0.717) is 10.6 Å². The fourth-order valence-corrected chi connectivity index (χ4v) is 5.50. The van der Waals surface area contributed by atoms with Crippen LogP contribution in [-0.4, -0.2) is 49.5 Å². The van der Waals surface area contributed by atoms with E-state index >= 15 is 0 Å². The summed E-state index contributed by atoms with van der Waals surface area (Å²) in [5.41, 5.74) is 1.04. The maximum atomic E-state index is 14.1. The molecule has 0 aliphatic carbocycles. The van der Waals surface area contributed by atoms with E-state index in [1.54, 1.807) is 30.3 Å². The van der Waals surface area contributed by atoms with Crippen molar-refractivity contribution >= 4 is 62.3 Å². The van der Waals surface area contributed by atoms with Crippen molar-refractivity contribution in [3.8, 4) is 0 Å². The van der Waals surface area contributed by atoms with E-state index in [2.05, 4.69) is 5.32 Å². The number of anilines is 1. The van der Waals surface area contributed by atoms with Gasteiger partial charge < -0.3 is 10.2 Å². The van der Waals surface area contributed by atoms with Crippen molar-refractivity contribution in [1.29, 1.82) is 0 Å². The third kappa shape index (κ3) is 8.86. The van der Waals surface area contributed by atoms with E-state index in [9.17, 15) is 18.0 Å². The molecule has 0 aliphatic rings. The summed E-state index contributed by atoms with van der Waals surface area (Å²) in [6, 6.07) is 19.8. The highest BCUT2D eigenvalue weighted by atomic mass is 35.5. The van der Waals surface area contributed by atoms with Crippen LogP contribution in [0.4, 0.5) is 5.69 Å². The molecule has 0 radical (unpaired) electrons. The van der Waals surface area contributed by atoms with Crippen LogP contribution >= 0.6 is 34.8 Å². The second kappa shape index (κ2) is 13.3. The van der Waals surface area contributed by atoms with Crippen molar-refractivity contribution in [2.75, 3.05) is 17.1 Å². The number of halogens is 3. The molecule has 214 valence electrons. The SMILES string of the molecule is CC(C)(C)NC(=O)[C@@H](Cc1ccccc1)N(Cc1ccc(Cl)cc1)C(=O)CN(c1cccc(Cl)c1Cl)S(C)(=O)=O. The van der Waals surface area contributed by atoms with Gasteiger partial charge in [-0.05, 0) is 56.2 Å². The molecule has 0 heterocycles. The van der Waals surface area contributed by atoms with Crippen LogP contribution in [0.3, 0.4) is 0 Å². The fraction of sp³-hybridized carbons (Fsp3) is 0.310. The van der Waals surface area contributed by atoms with Crippen LogP contribution in [0, 0.1) is 0 Å². The molecule has 40 heavy (non-hydrogen) atoms. The normalized spacial score (nSPS) is 12.5. The number of carbonyl (C=O) groups excluding carboxylic acids is 2. The van der Waals surface area contributed by atoms with Crippen molar-refractivity contribution in [2.45, 2.75) is 45.3 Å². The van der Waals surface area contributed by atoms with E-state index in [1.807, 2.05) is 51.1 Å². The molecule has 0 bridgehead atoms. The maximum absolute atomic E-state index is 14.1. The summed E-state index contributed by atoms with van der Waals surface area (Å²) >= 11 is 18.6. The average molecular weight is 625 g/mol. The van der Waals surface area contributed by atoms with Gasteiger partial charge in [0.05, 0.1) is 22.0 Å². The molecule has 7 nitrogen and oxygen atoms in total. The van der Waals surface area contributed by atoms with E-state index in [0.717, 1.165) is 16.1 Å². The van der Waals surface area contributed by atoms with Crippen molar-refractivity contribution in [2.24, 2.45) is 0 Å². The van der Waals surface area contributed by atoms with Gasteiger partial charge in [-0.25, -0.2) is 8.42 Å². The lowest BCUT2D eigenvalue weighted by Crippen LogP contribution is -2.56. The van der Waals surface area contributed by atoms with Gasteiger partial charge in [-0.2, -0.15) is 0 Å². The highest BCUT2D eigenvalue weighted by molar-refractivity contribution is 7.92. The molecule has 11 heteroatoms. The molecule has 2 amide bonds. The Morgan fingerprint density at radius 3 is 2.08 bits per heavy atom. The first kappa shape index (κ1) is 31.7. The third-order valence-electron chi connectivity index (χ3n) is 5.91. The number of hydrogen-bond donors (Lipinski definition) is 1. The minimum Gasteiger partial charge on any atom is -0.350 e. The first-order valence-electron chi connectivity index (χ1n) is 12.5. The van der Waals surface area contributed by atoms with Crippen molar-refractivity contribution in [3.05, 3.63) is 99.0 Å². The first-order valence-corrected chi connectivity index (χ1v) is 15.5. The van der Waals surface area contributed by atoms with Crippen LogP contribution in [0.5, 0.6) is 0 Å². The Balaban J connectivity index is 2.09. The Hall–Kier alpha value is -2.78. The number of amides is 2. The van der Waals surface area contributed by atoms with E-state index in [-0.39, 0.29) is 34.6 Å². The second-order valence-electron chi connectivity index (χ2n) is 10.4. The van der Waals surface area contributed by atoms with Crippen molar-refractivity contribution < 1.29 is 18.0 Å². The summed E-state index contributed by atoms with van der Waals surface area (Å²) in [6.45, 7) is 4.99. The second-order valence-corrected chi connectivity index (χ2v) is 13.6. The molecule has 0 unspecified atom stereocenters. The summed E-state index contributed by atoms with van der Waals surface area (Å²) in [5, 5.41) is 3.64. The summed E-state index contributed by atoms with van der Waals surface area (Å²) in [4.78, 5) is 29.2. The molecule has 0 spiro atoms. The third-order valence-corrected chi connectivity index (χ3v) is 8.10. The van der Waals surface area contributed by atoms with Gasteiger partial charge in [0.2, 0.25) is 21.8 Å². The number of benzene rings is 3. The van der Waals surface area contributed by atoms with Gasteiger partial charge in [0.1, 0.15) is 12.6 Å². The van der Waals surface area contributed by atoms with Crippen molar-refractivity contribution in [3.63, 3.8) is 0 Å². The monoisotopic (exact) mass is 623 g/mol. The highest BCUT2D eigenvalue weighted by Gasteiger charge is 2.34. The molecule has 0 aromatic heterocycles. The van der Waals surface area contributed by atoms with Gasteiger partial charge in [-0.3, -0.25) is 13.9 Å². The molecule has 0 saturated heterocycles. The summed E-state index contributed by atoms with van der Waals surface area (Å²) in [5.74, 6) is -0.966. The van der Waals surface area contributed by atoms with Gasteiger partial charge in [-0.1, -0.05) is 83.3 Å². The molecule has 3 aromatic rings. The Morgan fingerprint density at radius 2 is 1.50 bits per heavy atom. The topological polar surface area (TPSA) is 86.8 Å². The average Bonchev–Trinajstić information content (AvgIpc) is 2.86. The van der Waals surface area contributed by atoms with Gasteiger partial charge in [0.15, 0.2) is 0 Å². The lowest BCUT2D eigenvalue weighted by molar-refractivity contribution is -0.140. The molecule has 0 fully saturated rings. The number of hydrogen-bond acceptors (Lipinski definition) is 4. The largest absolute Gasteiger partial charge is 0.350 e. The maximum Gasteiger partial charge on any atom is 0.244 e. The number of nitrogens with zero attached hydrogens (tertiary/aromatic N) is 2. The molecule has 3 rings (SSSR count). The van der Waals surface area contributed by atoms with Crippen LogP contribution in [0.2, 0.25) is 15.1 Å². The predicted octanol–water partition coefficient (Wildman–Crippen LogP) is 5.97. The fourth-order valence-electron chi connectivity index (χ4n) is 4.07. The Bertz CT molecular complexity index is 1440. The summed E-state index contributed by atoms with van der Waals surface area (Å²) < 4.78 is 26.7. The smallest absolute Gasteiger partial charge is 0.244 e. The van der Waals surface area contributed by atoms with Gasteiger partial charge >= 0.3 is 0 Å². The minimum absolute atomic E-state index is 0.00189. The lowest BCUT2D eigenvalue weighted by atomic mass is 10.0. The predicted molar refractivity (Wildman–Crippen MR) is 162 cm³/mol. The standard InChI is InChI=1S/C29H32Cl3N3O4S/c1-29(2,3)33-28(37)25(17-20-9-6-5-7-10-20)34(18-21-13-15-22(30)16-14-21)26(36)19-35(40(4,38)39)24-12-8-11-23(31)27(24)32/h5-16,25H,17-19H2,1-4H3,(H,33,37)/t25-/m1/s1. The molecule has 1 N–H and O–H groups in total. The quantitative estimate of drug-likeness (QED) is 0.301. The first-order chi connectivity index (χ1) is 18.7.